The van der Waals surface area contributed by atoms with Gasteiger partial charge in [0.15, 0.2) is 12.0 Å². The number of rotatable bonds is 9. The number of aromatic amines is 1. The van der Waals surface area contributed by atoms with Crippen LogP contribution in [0.2, 0.25) is 0 Å². The molecule has 38 heavy (non-hydrogen) atoms. The Morgan fingerprint density at radius 3 is 2.89 bits per heavy atom. The average Bonchev–Trinajstić information content (AvgIpc) is 3.37. The lowest BCUT2D eigenvalue weighted by atomic mass is 9.94. The summed E-state index contributed by atoms with van der Waals surface area (Å²) in [6.07, 6.45) is 7.49. The van der Waals surface area contributed by atoms with E-state index < -0.39 is 11.8 Å². The Hall–Kier alpha value is -3.04. The number of nitrogens with zero attached hydrogens (tertiary/aromatic N) is 1. The number of fused-ring (bicyclic) bond motifs is 1. The third kappa shape index (κ3) is 6.15. The molecule has 0 radical (unpaired) electrons. The molecule has 3 N–H and O–H groups in total. The van der Waals surface area contributed by atoms with E-state index >= 15 is 0 Å². The molecule has 2 atom stereocenters. The third-order valence-electron chi connectivity index (χ3n) is 7.75. The number of benzene rings is 1. The van der Waals surface area contributed by atoms with Crippen LogP contribution in [0.15, 0.2) is 29.1 Å². The number of aryl methyl sites for hydroxylation is 1. The first-order valence-electron chi connectivity index (χ1n) is 13.9. The summed E-state index contributed by atoms with van der Waals surface area (Å²) in [5.74, 6) is -0.661. The number of H-pyrrole nitrogens is 1. The van der Waals surface area contributed by atoms with Crippen molar-refractivity contribution in [1.29, 1.82) is 0 Å². The van der Waals surface area contributed by atoms with Crippen LogP contribution in [0, 0.1) is 5.82 Å². The van der Waals surface area contributed by atoms with Gasteiger partial charge >= 0.3 is 5.97 Å². The number of carbonyl (C=O) groups is 1. The van der Waals surface area contributed by atoms with Crippen molar-refractivity contribution in [2.45, 2.75) is 70.0 Å². The van der Waals surface area contributed by atoms with Crippen molar-refractivity contribution in [3.63, 3.8) is 0 Å². The lowest BCUT2D eigenvalue weighted by Crippen LogP contribution is -2.31. The van der Waals surface area contributed by atoms with Crippen molar-refractivity contribution in [2.75, 3.05) is 38.2 Å². The fourth-order valence-electron chi connectivity index (χ4n) is 5.81. The van der Waals surface area contributed by atoms with Gasteiger partial charge in [0.05, 0.1) is 11.7 Å². The third-order valence-corrected chi connectivity index (χ3v) is 7.75. The first-order chi connectivity index (χ1) is 18.5. The molecule has 5 rings (SSSR count). The van der Waals surface area contributed by atoms with Gasteiger partial charge in [-0.15, -0.1) is 0 Å². The number of aromatic nitrogens is 1. The lowest BCUT2D eigenvalue weighted by molar-refractivity contribution is -0.509. The SMILES string of the molecule is O=C(O)C(c1cc(F)ccc1[C@H]1CCCCO1)=[N+]1CC[C@@H](OCCCCc2cc(=O)c3c([nH]2)NCCC3)C1. The maximum absolute atomic E-state index is 14.3. The van der Waals surface area contributed by atoms with Crippen LogP contribution in [0.4, 0.5) is 10.2 Å². The highest BCUT2D eigenvalue weighted by Crippen LogP contribution is 2.31. The number of hydrogen-bond acceptors (Lipinski definition) is 5. The standard InChI is InChI=1S/C29H36FN3O5/c30-19-9-10-22(26-8-2-4-15-38-26)24(16-19)27(29(35)36)33-13-11-21(18-33)37-14-3-1-6-20-17-25(34)23-7-5-12-31-28(23)32-20/h9-10,16-17,21,26H,1-8,11-15,18H2,(H2-,31,32,34,35,36)/p+1/t21-,26-/m1/s1. The van der Waals surface area contributed by atoms with Gasteiger partial charge in [0.2, 0.25) is 0 Å². The summed E-state index contributed by atoms with van der Waals surface area (Å²) in [6.45, 7) is 3.07. The van der Waals surface area contributed by atoms with Gasteiger partial charge in [0.1, 0.15) is 24.3 Å². The first kappa shape index (κ1) is 26.6. The smallest absolute Gasteiger partial charge is 0.401 e. The van der Waals surface area contributed by atoms with Crippen molar-refractivity contribution >= 4 is 17.5 Å². The zero-order chi connectivity index (χ0) is 26.5. The van der Waals surface area contributed by atoms with Crippen molar-refractivity contribution in [2.24, 2.45) is 0 Å². The van der Waals surface area contributed by atoms with Crippen molar-refractivity contribution in [3.05, 3.63) is 62.7 Å². The summed E-state index contributed by atoms with van der Waals surface area (Å²) in [4.78, 5) is 28.1. The quantitative estimate of drug-likeness (QED) is 0.339. The lowest BCUT2D eigenvalue weighted by Gasteiger charge is -2.24. The normalized spacial score (nSPS) is 22.6. The minimum atomic E-state index is -1.07. The molecule has 0 bridgehead atoms. The minimum absolute atomic E-state index is 0.0833. The molecule has 0 spiro atoms. The Morgan fingerprint density at radius 2 is 2.08 bits per heavy atom. The van der Waals surface area contributed by atoms with E-state index in [-0.39, 0.29) is 23.3 Å². The molecular weight excluding hydrogens is 489 g/mol. The van der Waals surface area contributed by atoms with Crippen LogP contribution in [0.5, 0.6) is 0 Å². The number of aliphatic carboxylic acids is 1. The molecule has 1 aromatic heterocycles. The predicted octanol–water partition coefficient (Wildman–Crippen LogP) is 3.81. The van der Waals surface area contributed by atoms with Crippen LogP contribution in [0.1, 0.15) is 73.4 Å². The van der Waals surface area contributed by atoms with Gasteiger partial charge < -0.3 is 24.9 Å². The van der Waals surface area contributed by atoms with Gasteiger partial charge in [-0.25, -0.2) is 13.8 Å². The molecule has 0 unspecified atom stereocenters. The van der Waals surface area contributed by atoms with Crippen LogP contribution >= 0.6 is 0 Å². The fraction of sp³-hybridized carbons (Fsp3) is 0.552. The predicted molar refractivity (Wildman–Crippen MR) is 142 cm³/mol. The Labute approximate surface area is 221 Å². The maximum Gasteiger partial charge on any atom is 0.401 e. The molecule has 8 nitrogen and oxygen atoms in total. The van der Waals surface area contributed by atoms with E-state index in [9.17, 15) is 19.1 Å². The van der Waals surface area contributed by atoms with E-state index in [1.54, 1.807) is 16.7 Å². The zero-order valence-corrected chi connectivity index (χ0v) is 21.8. The first-order valence-corrected chi connectivity index (χ1v) is 13.9. The number of carboxylic acids is 1. The van der Waals surface area contributed by atoms with Gasteiger partial charge in [-0.3, -0.25) is 4.79 Å². The summed E-state index contributed by atoms with van der Waals surface area (Å²) in [5, 5.41) is 13.4. The van der Waals surface area contributed by atoms with E-state index in [0.29, 0.717) is 38.3 Å². The molecular formula is C29H37FN3O5+. The molecule has 4 heterocycles. The van der Waals surface area contributed by atoms with Gasteiger partial charge in [-0.2, -0.15) is 0 Å². The van der Waals surface area contributed by atoms with Crippen LogP contribution in [-0.4, -0.2) is 65.3 Å². The topological polar surface area (TPSA) is 104 Å². The zero-order valence-electron chi connectivity index (χ0n) is 21.8. The average molecular weight is 527 g/mol. The van der Waals surface area contributed by atoms with E-state index in [1.165, 1.54) is 12.1 Å². The van der Waals surface area contributed by atoms with Crippen molar-refractivity contribution in [1.82, 2.24) is 4.98 Å². The molecule has 204 valence electrons. The van der Waals surface area contributed by atoms with Gasteiger partial charge in [0, 0.05) is 43.5 Å². The monoisotopic (exact) mass is 526 g/mol. The Kier molecular flexibility index (Phi) is 8.54. The molecule has 0 saturated carbocycles. The highest BCUT2D eigenvalue weighted by Gasteiger charge is 2.36. The Bertz CT molecular complexity index is 1250. The van der Waals surface area contributed by atoms with Crippen LogP contribution in [0.3, 0.4) is 0 Å². The Morgan fingerprint density at radius 1 is 1.18 bits per heavy atom. The van der Waals surface area contributed by atoms with Crippen LogP contribution < -0.4 is 10.7 Å². The highest BCUT2D eigenvalue weighted by molar-refractivity contribution is 6.40. The second kappa shape index (κ2) is 12.2. The summed E-state index contributed by atoms with van der Waals surface area (Å²) < 4.78 is 28.1. The number of pyridine rings is 1. The molecule has 2 aromatic rings. The van der Waals surface area contributed by atoms with E-state index in [2.05, 4.69) is 10.3 Å². The number of hydrogen-bond donors (Lipinski definition) is 3. The second-order valence-electron chi connectivity index (χ2n) is 10.5. The molecule has 0 amide bonds. The van der Waals surface area contributed by atoms with Gasteiger partial charge in [0.25, 0.3) is 5.71 Å². The summed E-state index contributed by atoms with van der Waals surface area (Å²) in [5.41, 5.74) is 3.14. The highest BCUT2D eigenvalue weighted by atomic mass is 19.1. The fourth-order valence-corrected chi connectivity index (χ4v) is 5.81. The van der Waals surface area contributed by atoms with Crippen LogP contribution in [0.25, 0.3) is 0 Å². The van der Waals surface area contributed by atoms with E-state index in [0.717, 1.165) is 80.6 Å². The molecule has 2 saturated heterocycles. The van der Waals surface area contributed by atoms with Gasteiger partial charge in [-0.05, 0) is 69.1 Å². The summed E-state index contributed by atoms with van der Waals surface area (Å²) in [7, 11) is 0. The molecule has 3 aliphatic heterocycles. The molecule has 0 aliphatic carbocycles. The molecule has 1 aromatic carbocycles. The molecule has 2 fully saturated rings. The van der Waals surface area contributed by atoms with E-state index in [1.807, 2.05) is 0 Å². The number of anilines is 1. The Balaban J connectivity index is 1.18. The summed E-state index contributed by atoms with van der Waals surface area (Å²) in [6, 6.07) is 6.08. The maximum atomic E-state index is 14.3. The number of halogens is 1. The largest absolute Gasteiger partial charge is 0.473 e. The van der Waals surface area contributed by atoms with Crippen LogP contribution in [-0.2, 0) is 27.1 Å². The minimum Gasteiger partial charge on any atom is -0.473 e. The van der Waals surface area contributed by atoms with Gasteiger partial charge in [-0.1, -0.05) is 6.07 Å². The number of nitrogens with one attached hydrogen (secondary N) is 2. The van der Waals surface area contributed by atoms with E-state index in [4.69, 9.17) is 9.47 Å². The number of carboxylic acid groups (broad SMARTS) is 1. The second-order valence-corrected chi connectivity index (χ2v) is 10.5. The van der Waals surface area contributed by atoms with Crippen molar-refractivity contribution < 1.29 is 28.3 Å². The van der Waals surface area contributed by atoms with Crippen molar-refractivity contribution in [3.8, 4) is 0 Å². The number of ether oxygens (including phenoxy) is 2. The number of unbranched alkanes of at least 4 members (excludes halogenated alkanes) is 1. The summed E-state index contributed by atoms with van der Waals surface area (Å²) >= 11 is 0. The molecule has 9 heteroatoms. The molecule has 3 aliphatic rings.